The van der Waals surface area contributed by atoms with Gasteiger partial charge in [0.1, 0.15) is 12.4 Å². The summed E-state index contributed by atoms with van der Waals surface area (Å²) in [6, 6.07) is 20.9. The molecule has 2 amide bonds. The molecule has 1 heterocycles. The summed E-state index contributed by atoms with van der Waals surface area (Å²) in [5, 5.41) is 2.81. The summed E-state index contributed by atoms with van der Waals surface area (Å²) in [6.07, 6.45) is 4.14. The van der Waals surface area contributed by atoms with Crippen molar-refractivity contribution in [2.45, 2.75) is 19.4 Å². The van der Waals surface area contributed by atoms with Gasteiger partial charge in [0.2, 0.25) is 5.91 Å². The Kier molecular flexibility index (Phi) is 7.55. The van der Waals surface area contributed by atoms with E-state index in [4.69, 9.17) is 10.5 Å². The maximum absolute atomic E-state index is 12.0. The van der Waals surface area contributed by atoms with Crippen LogP contribution in [-0.4, -0.2) is 23.3 Å². The molecule has 2 aromatic carbocycles. The number of carbonyl (C=O) groups excluding carboxylic acids is 2. The molecule has 0 saturated heterocycles. The van der Waals surface area contributed by atoms with Crippen molar-refractivity contribution in [3.05, 3.63) is 102 Å². The first kappa shape index (κ1) is 21.0. The van der Waals surface area contributed by atoms with E-state index in [1.54, 1.807) is 24.8 Å². The van der Waals surface area contributed by atoms with Gasteiger partial charge in [0.15, 0.2) is 0 Å². The summed E-state index contributed by atoms with van der Waals surface area (Å²) in [5.41, 5.74) is 8.42. The molecule has 0 fully saturated rings. The van der Waals surface area contributed by atoms with Crippen LogP contribution in [0.3, 0.4) is 0 Å². The van der Waals surface area contributed by atoms with Crippen molar-refractivity contribution in [3.63, 3.8) is 0 Å². The van der Waals surface area contributed by atoms with Gasteiger partial charge in [-0.1, -0.05) is 42.5 Å². The lowest BCUT2D eigenvalue weighted by molar-refractivity contribution is -0.117. The van der Waals surface area contributed by atoms with Crippen LogP contribution in [0, 0.1) is 6.42 Å². The minimum absolute atomic E-state index is 0.170. The molecule has 153 valence electrons. The first-order valence-corrected chi connectivity index (χ1v) is 9.72. The molecule has 3 aromatic rings. The van der Waals surface area contributed by atoms with Gasteiger partial charge in [-0.2, -0.15) is 0 Å². The lowest BCUT2D eigenvalue weighted by Crippen LogP contribution is -2.27. The largest absolute Gasteiger partial charge is 0.489 e. The first-order valence-electron chi connectivity index (χ1n) is 9.72. The van der Waals surface area contributed by atoms with Crippen LogP contribution in [0.5, 0.6) is 5.75 Å². The molecule has 0 aliphatic rings. The second-order valence-electron chi connectivity index (χ2n) is 6.73. The van der Waals surface area contributed by atoms with Gasteiger partial charge in [-0.15, -0.1) is 0 Å². The fraction of sp³-hybridized carbons (Fsp3) is 0.167. The van der Waals surface area contributed by atoms with E-state index in [0.717, 1.165) is 16.9 Å². The normalized spacial score (nSPS) is 10.4. The van der Waals surface area contributed by atoms with Crippen LogP contribution in [0.25, 0.3) is 0 Å². The molecular weight excluding hydrogens is 378 g/mol. The number of nitrogens with zero attached hydrogens (tertiary/aromatic N) is 1. The van der Waals surface area contributed by atoms with Crippen molar-refractivity contribution in [3.8, 4) is 5.75 Å². The Morgan fingerprint density at radius 1 is 0.967 bits per heavy atom. The molecule has 0 atom stereocenters. The highest BCUT2D eigenvalue weighted by Gasteiger charge is 2.09. The highest BCUT2D eigenvalue weighted by Crippen LogP contribution is 2.15. The molecular formula is C24H24N3O3. The summed E-state index contributed by atoms with van der Waals surface area (Å²) < 4.78 is 5.77. The van der Waals surface area contributed by atoms with Crippen LogP contribution >= 0.6 is 0 Å². The van der Waals surface area contributed by atoms with Crippen molar-refractivity contribution in [2.24, 2.45) is 5.73 Å². The zero-order chi connectivity index (χ0) is 21.2. The number of primary amides is 1. The number of aromatic nitrogens is 1. The summed E-state index contributed by atoms with van der Waals surface area (Å²) in [4.78, 5) is 27.6. The minimum Gasteiger partial charge on any atom is -0.489 e. The Morgan fingerprint density at radius 3 is 2.47 bits per heavy atom. The average molecular weight is 402 g/mol. The van der Waals surface area contributed by atoms with Gasteiger partial charge in [-0.25, -0.2) is 0 Å². The van der Waals surface area contributed by atoms with Crippen molar-refractivity contribution >= 4 is 11.8 Å². The molecule has 0 unspecified atom stereocenters. The topological polar surface area (TPSA) is 94.3 Å². The van der Waals surface area contributed by atoms with Crippen molar-refractivity contribution < 1.29 is 14.3 Å². The molecule has 0 saturated carbocycles. The zero-order valence-electron chi connectivity index (χ0n) is 16.6. The fourth-order valence-corrected chi connectivity index (χ4v) is 2.91. The number of benzene rings is 2. The van der Waals surface area contributed by atoms with Gasteiger partial charge in [0.05, 0.1) is 17.7 Å². The SMILES string of the molecule is NC(=O)c1cccnc1CCNC(=O)[CH]Cc1ccc(OCc2ccccc2)cc1. The monoisotopic (exact) mass is 402 g/mol. The summed E-state index contributed by atoms with van der Waals surface area (Å²) >= 11 is 0. The molecule has 0 bridgehead atoms. The van der Waals surface area contributed by atoms with Gasteiger partial charge in [0.25, 0.3) is 5.91 Å². The Bertz CT molecular complexity index is 973. The minimum atomic E-state index is -0.521. The van der Waals surface area contributed by atoms with E-state index in [9.17, 15) is 9.59 Å². The highest BCUT2D eigenvalue weighted by molar-refractivity contribution is 5.93. The van der Waals surface area contributed by atoms with Crippen molar-refractivity contribution in [2.75, 3.05) is 6.54 Å². The molecule has 3 N–H and O–H groups in total. The average Bonchev–Trinajstić information content (AvgIpc) is 2.78. The Labute approximate surface area is 176 Å². The molecule has 6 heteroatoms. The number of carbonyl (C=O) groups is 2. The number of nitrogens with two attached hydrogens (primary N) is 1. The van der Waals surface area contributed by atoms with Crippen LogP contribution in [0.4, 0.5) is 0 Å². The van der Waals surface area contributed by atoms with Gasteiger partial charge >= 0.3 is 0 Å². The van der Waals surface area contributed by atoms with Crippen LogP contribution in [0.2, 0.25) is 0 Å². The third-order valence-corrected chi connectivity index (χ3v) is 4.51. The third-order valence-electron chi connectivity index (χ3n) is 4.51. The van der Waals surface area contributed by atoms with Gasteiger partial charge in [-0.05, 0) is 41.8 Å². The maximum Gasteiger partial charge on any atom is 0.250 e. The summed E-state index contributed by atoms with van der Waals surface area (Å²) in [6.45, 7) is 0.890. The third kappa shape index (κ3) is 6.44. The van der Waals surface area contributed by atoms with Crippen LogP contribution in [0.15, 0.2) is 72.9 Å². The number of hydrogen-bond acceptors (Lipinski definition) is 4. The molecule has 1 radical (unpaired) electrons. The smallest absolute Gasteiger partial charge is 0.250 e. The molecule has 30 heavy (non-hydrogen) atoms. The van der Waals surface area contributed by atoms with E-state index >= 15 is 0 Å². The maximum atomic E-state index is 12.0. The number of pyridine rings is 1. The van der Waals surface area contributed by atoms with Crippen molar-refractivity contribution in [1.82, 2.24) is 10.3 Å². The predicted octanol–water partition coefficient (Wildman–Crippen LogP) is 2.87. The Hall–Kier alpha value is -3.67. The summed E-state index contributed by atoms with van der Waals surface area (Å²) in [7, 11) is 0. The lowest BCUT2D eigenvalue weighted by atomic mass is 10.1. The zero-order valence-corrected chi connectivity index (χ0v) is 16.6. The van der Waals surface area contributed by atoms with E-state index in [1.165, 1.54) is 0 Å². The number of hydrogen-bond donors (Lipinski definition) is 2. The van der Waals surface area contributed by atoms with Crippen LogP contribution in [0.1, 0.15) is 27.2 Å². The van der Waals surface area contributed by atoms with Crippen molar-refractivity contribution in [1.29, 1.82) is 0 Å². The van der Waals surface area contributed by atoms with Crippen LogP contribution in [-0.2, 0) is 24.2 Å². The second kappa shape index (κ2) is 10.8. The Morgan fingerprint density at radius 2 is 1.73 bits per heavy atom. The molecule has 0 aliphatic heterocycles. The van der Waals surface area contributed by atoms with E-state index in [1.807, 2.05) is 54.6 Å². The molecule has 0 aliphatic carbocycles. The number of ether oxygens (including phenoxy) is 1. The van der Waals surface area contributed by atoms with Gasteiger partial charge in [0, 0.05) is 19.2 Å². The standard InChI is InChI=1S/C24H24N3O3/c25-24(29)21-7-4-15-26-22(21)14-16-27-23(28)13-10-18-8-11-20(12-9-18)30-17-19-5-2-1-3-6-19/h1-9,11-13,15H,10,14,16-17H2,(H2,25,29)(H,27,28). The number of nitrogens with one attached hydrogen (secondary N) is 1. The van der Waals surface area contributed by atoms with E-state index in [-0.39, 0.29) is 5.91 Å². The molecule has 3 rings (SSSR count). The van der Waals surface area contributed by atoms with Gasteiger partial charge < -0.3 is 15.8 Å². The van der Waals surface area contributed by atoms with Crippen LogP contribution < -0.4 is 15.8 Å². The lowest BCUT2D eigenvalue weighted by Gasteiger charge is -2.08. The van der Waals surface area contributed by atoms with Gasteiger partial charge in [-0.3, -0.25) is 14.6 Å². The second-order valence-corrected chi connectivity index (χ2v) is 6.73. The summed E-state index contributed by atoms with van der Waals surface area (Å²) in [5.74, 6) is 0.0933. The predicted molar refractivity (Wildman–Crippen MR) is 115 cm³/mol. The Balaban J connectivity index is 1.39. The van der Waals surface area contributed by atoms with E-state index < -0.39 is 5.91 Å². The molecule has 6 nitrogen and oxygen atoms in total. The number of rotatable bonds is 10. The fourth-order valence-electron chi connectivity index (χ4n) is 2.91. The van der Waals surface area contributed by atoms with E-state index in [2.05, 4.69) is 10.3 Å². The quantitative estimate of drug-likeness (QED) is 0.545. The molecule has 0 spiro atoms. The van der Waals surface area contributed by atoms with E-state index in [0.29, 0.717) is 37.3 Å². The highest BCUT2D eigenvalue weighted by atomic mass is 16.5. The number of amides is 2. The molecule has 1 aromatic heterocycles. The first-order chi connectivity index (χ1) is 14.6.